The number of esters is 1. The van der Waals surface area contributed by atoms with Crippen LogP contribution in [-0.4, -0.2) is 43.7 Å². The Morgan fingerprint density at radius 1 is 1.00 bits per heavy atom. The molecule has 10 heteroatoms. The van der Waals surface area contributed by atoms with Gasteiger partial charge in [-0.15, -0.1) is 0 Å². The summed E-state index contributed by atoms with van der Waals surface area (Å²) >= 11 is 0. The quantitative estimate of drug-likeness (QED) is 0.270. The Hall–Kier alpha value is -4.28. The lowest BCUT2D eigenvalue weighted by Crippen LogP contribution is -2.45. The predicted molar refractivity (Wildman–Crippen MR) is 134 cm³/mol. The van der Waals surface area contributed by atoms with Gasteiger partial charge in [0, 0.05) is 0 Å². The number of amides is 2. The van der Waals surface area contributed by atoms with Crippen molar-refractivity contribution in [1.82, 2.24) is 4.31 Å². The summed E-state index contributed by atoms with van der Waals surface area (Å²) in [5.41, 5.74) is 0.478. The molecule has 1 aromatic heterocycles. The molecular weight excluding hydrogens is 496 g/mol. The highest BCUT2D eigenvalue weighted by Gasteiger charge is 2.47. The predicted octanol–water partition coefficient (Wildman–Crippen LogP) is 3.74. The molecule has 0 aliphatic carbocycles. The van der Waals surface area contributed by atoms with E-state index in [0.29, 0.717) is 5.76 Å². The van der Waals surface area contributed by atoms with Crippen molar-refractivity contribution < 1.29 is 32.0 Å². The van der Waals surface area contributed by atoms with Gasteiger partial charge >= 0.3 is 5.97 Å². The molecule has 0 spiro atoms. The largest absolute Gasteiger partial charge is 0.468 e. The molecule has 188 valence electrons. The van der Waals surface area contributed by atoms with Gasteiger partial charge < -0.3 is 9.15 Å². The van der Waals surface area contributed by atoms with Gasteiger partial charge in [0.2, 0.25) is 15.9 Å². The number of nitrogens with zero attached hydrogens (tertiary/aromatic N) is 2. The van der Waals surface area contributed by atoms with E-state index >= 15 is 0 Å². The second-order valence-corrected chi connectivity index (χ2v) is 10.4. The van der Waals surface area contributed by atoms with Crippen LogP contribution in [0.1, 0.15) is 22.5 Å². The molecule has 0 saturated carbocycles. The van der Waals surface area contributed by atoms with E-state index in [4.69, 9.17) is 4.42 Å². The summed E-state index contributed by atoms with van der Waals surface area (Å²) < 4.78 is 38.9. The molecule has 1 saturated heterocycles. The SMILES string of the molecule is COC(=O)c1ccc(N2C(=O)CC(N(Cc3ccco3)S(=O)(=O)c3ccc4ccccc4c3)C2=O)cc1. The minimum absolute atomic E-state index is 0.00103. The van der Waals surface area contributed by atoms with Crippen molar-refractivity contribution >= 4 is 44.3 Å². The summed E-state index contributed by atoms with van der Waals surface area (Å²) in [6, 6.07) is 19.8. The number of sulfonamides is 1. The number of rotatable bonds is 7. The Labute approximate surface area is 212 Å². The van der Waals surface area contributed by atoms with E-state index in [0.717, 1.165) is 20.0 Å². The van der Waals surface area contributed by atoms with E-state index in [1.54, 1.807) is 30.3 Å². The van der Waals surface area contributed by atoms with Crippen molar-refractivity contribution in [3.05, 3.63) is 96.4 Å². The highest BCUT2D eigenvalue weighted by Crippen LogP contribution is 2.32. The maximum atomic E-state index is 13.9. The van der Waals surface area contributed by atoms with E-state index < -0.39 is 33.8 Å². The lowest BCUT2D eigenvalue weighted by molar-refractivity contribution is -0.122. The maximum absolute atomic E-state index is 13.9. The Morgan fingerprint density at radius 3 is 2.41 bits per heavy atom. The number of hydrogen-bond donors (Lipinski definition) is 0. The molecule has 1 fully saturated rings. The van der Waals surface area contributed by atoms with Crippen LogP contribution in [0, 0.1) is 0 Å². The Morgan fingerprint density at radius 2 is 1.73 bits per heavy atom. The highest BCUT2D eigenvalue weighted by molar-refractivity contribution is 7.89. The molecule has 1 atom stereocenters. The normalized spacial score (nSPS) is 16.1. The number of ether oxygens (including phenoxy) is 1. The van der Waals surface area contributed by atoms with Crippen LogP contribution in [0.5, 0.6) is 0 Å². The van der Waals surface area contributed by atoms with Crippen molar-refractivity contribution in [2.24, 2.45) is 0 Å². The molecule has 37 heavy (non-hydrogen) atoms. The average Bonchev–Trinajstić information content (AvgIpc) is 3.53. The smallest absolute Gasteiger partial charge is 0.337 e. The van der Waals surface area contributed by atoms with E-state index in [1.807, 2.05) is 18.2 Å². The molecule has 1 unspecified atom stereocenters. The number of benzene rings is 3. The van der Waals surface area contributed by atoms with Gasteiger partial charge in [-0.05, 0) is 59.3 Å². The molecule has 1 aliphatic heterocycles. The number of hydrogen-bond acceptors (Lipinski definition) is 7. The zero-order valence-corrected chi connectivity index (χ0v) is 20.6. The number of fused-ring (bicyclic) bond motifs is 1. The van der Waals surface area contributed by atoms with Gasteiger partial charge in [-0.25, -0.2) is 18.1 Å². The third-order valence-corrected chi connectivity index (χ3v) is 8.09. The number of anilines is 1. The number of carbonyl (C=O) groups excluding carboxylic acids is 3. The molecular formula is C27H22N2O7S. The van der Waals surface area contributed by atoms with Crippen LogP contribution in [0.4, 0.5) is 5.69 Å². The van der Waals surface area contributed by atoms with Crippen molar-refractivity contribution in [3.63, 3.8) is 0 Å². The zero-order chi connectivity index (χ0) is 26.2. The minimum Gasteiger partial charge on any atom is -0.468 e. The summed E-state index contributed by atoms with van der Waals surface area (Å²) in [6.45, 7) is -0.235. The van der Waals surface area contributed by atoms with Gasteiger partial charge in [-0.2, -0.15) is 4.31 Å². The number of methoxy groups -OCH3 is 1. The van der Waals surface area contributed by atoms with Crippen LogP contribution >= 0.6 is 0 Å². The molecule has 9 nitrogen and oxygen atoms in total. The molecule has 0 N–H and O–H groups in total. The fourth-order valence-electron chi connectivity index (χ4n) is 4.36. The minimum atomic E-state index is -4.22. The second-order valence-electron chi connectivity index (χ2n) is 8.46. The third kappa shape index (κ3) is 4.52. The first kappa shape index (κ1) is 24.4. The number of imide groups is 1. The molecule has 0 bridgehead atoms. The molecule has 2 heterocycles. The van der Waals surface area contributed by atoms with Crippen LogP contribution < -0.4 is 4.90 Å². The molecule has 2 amide bonds. The summed E-state index contributed by atoms with van der Waals surface area (Å²) in [6.07, 6.45) is 1.07. The van der Waals surface area contributed by atoms with Crippen molar-refractivity contribution in [2.75, 3.05) is 12.0 Å². The Bertz CT molecular complexity index is 1600. The Balaban J connectivity index is 1.52. The average molecular weight is 519 g/mol. The van der Waals surface area contributed by atoms with Crippen molar-refractivity contribution in [2.45, 2.75) is 23.9 Å². The van der Waals surface area contributed by atoms with E-state index in [1.165, 1.54) is 43.7 Å². The van der Waals surface area contributed by atoms with Gasteiger partial charge in [0.15, 0.2) is 0 Å². The third-order valence-electron chi connectivity index (χ3n) is 6.24. The standard InChI is InChI=1S/C27H22N2O7S/c1-35-27(32)19-8-11-21(12-9-19)29-25(30)16-24(26(29)31)28(17-22-7-4-14-36-22)37(33,34)23-13-10-18-5-2-3-6-20(18)15-23/h2-15,24H,16-17H2,1H3. The van der Waals surface area contributed by atoms with Gasteiger partial charge in [0.05, 0.1) is 42.5 Å². The van der Waals surface area contributed by atoms with Gasteiger partial charge in [0.25, 0.3) is 5.91 Å². The monoisotopic (exact) mass is 518 g/mol. The molecule has 4 aromatic rings. The topological polar surface area (TPSA) is 114 Å². The zero-order valence-electron chi connectivity index (χ0n) is 19.7. The maximum Gasteiger partial charge on any atom is 0.337 e. The first-order valence-corrected chi connectivity index (χ1v) is 12.8. The first-order valence-electron chi connectivity index (χ1n) is 11.4. The van der Waals surface area contributed by atoms with Gasteiger partial charge in [0.1, 0.15) is 11.8 Å². The number of furan rings is 1. The molecule has 0 radical (unpaired) electrons. The van der Waals surface area contributed by atoms with Gasteiger partial charge in [-0.3, -0.25) is 9.59 Å². The van der Waals surface area contributed by atoms with Crippen LogP contribution in [0.25, 0.3) is 10.8 Å². The summed E-state index contributed by atoms with van der Waals surface area (Å²) in [7, 11) is -2.97. The molecule has 1 aliphatic rings. The van der Waals surface area contributed by atoms with Gasteiger partial charge in [-0.1, -0.05) is 30.3 Å². The fraction of sp³-hybridized carbons (Fsp3) is 0.148. The fourth-order valence-corrected chi connectivity index (χ4v) is 5.94. The number of carbonyl (C=O) groups is 3. The van der Waals surface area contributed by atoms with E-state index in [2.05, 4.69) is 4.74 Å². The van der Waals surface area contributed by atoms with Crippen LogP contribution in [0.15, 0.2) is 94.4 Å². The second kappa shape index (κ2) is 9.64. The lowest BCUT2D eigenvalue weighted by atomic mass is 10.1. The van der Waals surface area contributed by atoms with Crippen LogP contribution in [-0.2, 0) is 30.9 Å². The lowest BCUT2D eigenvalue weighted by Gasteiger charge is -2.26. The van der Waals surface area contributed by atoms with Crippen LogP contribution in [0.2, 0.25) is 0 Å². The summed E-state index contributed by atoms with van der Waals surface area (Å²) in [4.78, 5) is 39.2. The molecule has 5 rings (SSSR count). The highest BCUT2D eigenvalue weighted by atomic mass is 32.2. The molecule has 3 aromatic carbocycles. The van der Waals surface area contributed by atoms with E-state index in [9.17, 15) is 22.8 Å². The van der Waals surface area contributed by atoms with E-state index in [-0.39, 0.29) is 29.1 Å². The van der Waals surface area contributed by atoms with Crippen LogP contribution in [0.3, 0.4) is 0 Å². The van der Waals surface area contributed by atoms with Crippen molar-refractivity contribution in [3.8, 4) is 0 Å². The van der Waals surface area contributed by atoms with Crippen molar-refractivity contribution in [1.29, 1.82) is 0 Å². The summed E-state index contributed by atoms with van der Waals surface area (Å²) in [5, 5.41) is 1.59. The Kier molecular flexibility index (Phi) is 6.36. The summed E-state index contributed by atoms with van der Waals surface area (Å²) in [5.74, 6) is -1.48. The first-order chi connectivity index (χ1) is 17.8.